The Morgan fingerprint density at radius 1 is 1.24 bits per heavy atom. The van der Waals surface area contributed by atoms with Crippen LogP contribution in [0.5, 0.6) is 0 Å². The van der Waals surface area contributed by atoms with E-state index in [-0.39, 0.29) is 0 Å². The molecule has 1 rings (SSSR count). The topological polar surface area (TPSA) is 12.0 Å². The van der Waals surface area contributed by atoms with E-state index < -0.39 is 0 Å². The van der Waals surface area contributed by atoms with Gasteiger partial charge >= 0.3 is 0 Å². The first-order chi connectivity index (χ1) is 8.18. The molecule has 0 amide bonds. The Hall–Kier alpha value is 0.310. The summed E-state index contributed by atoms with van der Waals surface area (Å²) in [5.74, 6) is 3.14. The number of nitrogens with one attached hydrogen (secondary N) is 1. The number of hydrogen-bond donors (Lipinski definition) is 1. The molecular weight excluding hydrogens is 226 g/mol. The van der Waals surface area contributed by atoms with Gasteiger partial charge in [0.15, 0.2) is 0 Å². The Labute approximate surface area is 113 Å². The van der Waals surface area contributed by atoms with Crippen LogP contribution in [0, 0.1) is 11.8 Å². The van der Waals surface area contributed by atoms with Gasteiger partial charge in [-0.3, -0.25) is 0 Å². The summed E-state index contributed by atoms with van der Waals surface area (Å²) in [6, 6.07) is 0. The Morgan fingerprint density at radius 3 is 2.76 bits per heavy atom. The first kappa shape index (κ1) is 15.4. The normalized spacial score (nSPS) is 25.4. The summed E-state index contributed by atoms with van der Waals surface area (Å²) in [4.78, 5) is 0. The quantitative estimate of drug-likeness (QED) is 0.650. The van der Waals surface area contributed by atoms with E-state index in [1.165, 1.54) is 57.4 Å². The molecule has 1 aliphatic rings. The van der Waals surface area contributed by atoms with E-state index in [1.54, 1.807) is 0 Å². The molecular formula is C15H31NS. The van der Waals surface area contributed by atoms with E-state index in [2.05, 4.69) is 37.8 Å². The van der Waals surface area contributed by atoms with Crippen molar-refractivity contribution in [2.45, 2.75) is 64.5 Å². The van der Waals surface area contributed by atoms with Crippen molar-refractivity contribution in [3.05, 3.63) is 0 Å². The molecule has 2 unspecified atom stereocenters. The molecule has 0 aromatic rings. The summed E-state index contributed by atoms with van der Waals surface area (Å²) >= 11 is 2.24. The van der Waals surface area contributed by atoms with Crippen LogP contribution >= 0.6 is 11.8 Å². The van der Waals surface area contributed by atoms with Crippen LogP contribution in [0.25, 0.3) is 0 Å². The van der Waals surface area contributed by atoms with E-state index >= 15 is 0 Å². The highest BCUT2D eigenvalue weighted by atomic mass is 32.2. The van der Waals surface area contributed by atoms with E-state index in [0.717, 1.165) is 17.1 Å². The van der Waals surface area contributed by atoms with Crippen LogP contribution in [0.4, 0.5) is 0 Å². The molecule has 0 heterocycles. The van der Waals surface area contributed by atoms with Crippen molar-refractivity contribution in [1.29, 1.82) is 0 Å². The van der Waals surface area contributed by atoms with Gasteiger partial charge in [-0.2, -0.15) is 11.8 Å². The molecule has 1 saturated carbocycles. The monoisotopic (exact) mass is 257 g/mol. The Morgan fingerprint density at radius 2 is 2.06 bits per heavy atom. The maximum atomic E-state index is 3.52. The largest absolute Gasteiger partial charge is 0.316 e. The van der Waals surface area contributed by atoms with Crippen molar-refractivity contribution in [3.63, 3.8) is 0 Å². The minimum atomic E-state index is 0.785. The summed E-state index contributed by atoms with van der Waals surface area (Å²) in [5, 5.41) is 4.50. The molecule has 0 spiro atoms. The molecule has 1 N–H and O–H groups in total. The number of thioether (sulfide) groups is 1. The van der Waals surface area contributed by atoms with E-state index in [0.29, 0.717) is 0 Å². The van der Waals surface area contributed by atoms with Gasteiger partial charge in [0.25, 0.3) is 0 Å². The van der Waals surface area contributed by atoms with E-state index in [1.807, 2.05) is 0 Å². The Kier molecular flexibility index (Phi) is 8.38. The molecule has 102 valence electrons. The fourth-order valence-electron chi connectivity index (χ4n) is 2.52. The molecule has 0 bridgehead atoms. The third kappa shape index (κ3) is 8.10. The van der Waals surface area contributed by atoms with Crippen molar-refractivity contribution in [2.75, 3.05) is 18.8 Å². The van der Waals surface area contributed by atoms with Crippen LogP contribution in [-0.2, 0) is 0 Å². The lowest BCUT2D eigenvalue weighted by atomic mass is 9.91. The van der Waals surface area contributed by atoms with Gasteiger partial charge in [0.2, 0.25) is 0 Å². The van der Waals surface area contributed by atoms with Crippen LogP contribution in [0.2, 0.25) is 0 Å². The van der Waals surface area contributed by atoms with Gasteiger partial charge in [-0.15, -0.1) is 0 Å². The molecule has 1 aliphatic carbocycles. The lowest BCUT2D eigenvalue weighted by Crippen LogP contribution is -2.21. The van der Waals surface area contributed by atoms with Crippen LogP contribution in [-0.4, -0.2) is 24.1 Å². The van der Waals surface area contributed by atoms with E-state index in [4.69, 9.17) is 0 Å². The summed E-state index contributed by atoms with van der Waals surface area (Å²) in [6.07, 6.45) is 8.62. The summed E-state index contributed by atoms with van der Waals surface area (Å²) in [5.41, 5.74) is 0. The van der Waals surface area contributed by atoms with Crippen molar-refractivity contribution in [1.82, 2.24) is 5.32 Å². The van der Waals surface area contributed by atoms with Crippen molar-refractivity contribution >= 4 is 11.8 Å². The fourth-order valence-corrected chi connectivity index (χ4v) is 4.02. The summed E-state index contributed by atoms with van der Waals surface area (Å²) in [7, 11) is 0. The Balaban J connectivity index is 1.86. The van der Waals surface area contributed by atoms with Gasteiger partial charge in [-0.1, -0.05) is 33.6 Å². The standard InChI is InChI=1S/C15H31NS/c1-13(2)12-16-9-4-5-10-17-15-8-6-7-14(3)11-15/h13-16H,4-12H2,1-3H3. The van der Waals surface area contributed by atoms with Gasteiger partial charge in [0.05, 0.1) is 0 Å². The lowest BCUT2D eigenvalue weighted by Gasteiger charge is -2.26. The number of unbranched alkanes of at least 4 members (excludes halogenated alkanes) is 1. The first-order valence-corrected chi connectivity index (χ1v) is 8.55. The SMILES string of the molecule is CC(C)CNCCCCSC1CCCC(C)C1. The zero-order valence-electron chi connectivity index (χ0n) is 12.0. The predicted molar refractivity (Wildman–Crippen MR) is 80.8 cm³/mol. The smallest absolute Gasteiger partial charge is 0.00495 e. The molecule has 0 saturated heterocycles. The first-order valence-electron chi connectivity index (χ1n) is 7.50. The maximum absolute atomic E-state index is 3.52. The zero-order chi connectivity index (χ0) is 12.5. The van der Waals surface area contributed by atoms with Crippen molar-refractivity contribution < 1.29 is 0 Å². The van der Waals surface area contributed by atoms with Gasteiger partial charge in [-0.05, 0) is 56.4 Å². The molecule has 1 nitrogen and oxygen atoms in total. The van der Waals surface area contributed by atoms with Gasteiger partial charge in [0, 0.05) is 5.25 Å². The fraction of sp³-hybridized carbons (Fsp3) is 1.00. The van der Waals surface area contributed by atoms with Crippen molar-refractivity contribution in [3.8, 4) is 0 Å². The predicted octanol–water partition coefficient (Wildman–Crippen LogP) is 4.32. The van der Waals surface area contributed by atoms with Gasteiger partial charge in [-0.25, -0.2) is 0 Å². The highest BCUT2D eigenvalue weighted by Gasteiger charge is 2.18. The third-order valence-electron chi connectivity index (χ3n) is 3.54. The van der Waals surface area contributed by atoms with Crippen LogP contribution < -0.4 is 5.32 Å². The minimum absolute atomic E-state index is 0.785. The summed E-state index contributed by atoms with van der Waals surface area (Å²) in [6.45, 7) is 9.34. The van der Waals surface area contributed by atoms with Crippen molar-refractivity contribution in [2.24, 2.45) is 11.8 Å². The van der Waals surface area contributed by atoms with Gasteiger partial charge < -0.3 is 5.32 Å². The van der Waals surface area contributed by atoms with Crippen LogP contribution in [0.1, 0.15) is 59.3 Å². The number of hydrogen-bond acceptors (Lipinski definition) is 2. The minimum Gasteiger partial charge on any atom is -0.316 e. The molecule has 0 aromatic heterocycles. The third-order valence-corrected chi connectivity index (χ3v) is 4.97. The average molecular weight is 257 g/mol. The van der Waals surface area contributed by atoms with Gasteiger partial charge in [0.1, 0.15) is 0 Å². The van der Waals surface area contributed by atoms with Crippen LogP contribution in [0.15, 0.2) is 0 Å². The maximum Gasteiger partial charge on any atom is 0.00495 e. The molecule has 17 heavy (non-hydrogen) atoms. The second-order valence-corrected chi connectivity index (χ2v) is 7.48. The molecule has 2 atom stereocenters. The summed E-state index contributed by atoms with van der Waals surface area (Å²) < 4.78 is 0. The highest BCUT2D eigenvalue weighted by Crippen LogP contribution is 2.32. The molecule has 2 heteroatoms. The lowest BCUT2D eigenvalue weighted by molar-refractivity contribution is 0.394. The zero-order valence-corrected chi connectivity index (χ0v) is 12.8. The molecule has 0 aromatic carbocycles. The number of rotatable bonds is 8. The second kappa shape index (κ2) is 9.27. The second-order valence-electron chi connectivity index (χ2n) is 6.07. The molecule has 0 aliphatic heterocycles. The molecule has 1 fully saturated rings. The van der Waals surface area contributed by atoms with Crippen LogP contribution in [0.3, 0.4) is 0 Å². The molecule has 0 radical (unpaired) electrons. The van der Waals surface area contributed by atoms with E-state index in [9.17, 15) is 0 Å². The highest BCUT2D eigenvalue weighted by molar-refractivity contribution is 7.99. The average Bonchev–Trinajstić information content (AvgIpc) is 2.27. The Bertz CT molecular complexity index is 182.